The number of hydrogen-bond donors (Lipinski definition) is 1. The summed E-state index contributed by atoms with van der Waals surface area (Å²) in [5.74, 6) is 0.0735. The van der Waals surface area contributed by atoms with Crippen LogP contribution < -0.4 is 5.32 Å². The van der Waals surface area contributed by atoms with E-state index in [1.165, 1.54) is 4.88 Å². The minimum absolute atomic E-state index is 0.0735. The molecule has 2 heterocycles. The van der Waals surface area contributed by atoms with Crippen LogP contribution in [0.25, 0.3) is 0 Å². The Bertz CT molecular complexity index is 515. The van der Waals surface area contributed by atoms with Crippen molar-refractivity contribution < 1.29 is 4.79 Å². The zero-order chi connectivity index (χ0) is 14.2. The molecule has 106 valence electrons. The molecule has 6 heteroatoms. The molecule has 0 aliphatic carbocycles. The monoisotopic (exact) mass is 290 g/mol. The van der Waals surface area contributed by atoms with Crippen molar-refractivity contribution in [3.63, 3.8) is 0 Å². The van der Waals surface area contributed by atoms with Crippen molar-refractivity contribution in [2.75, 3.05) is 13.6 Å². The molecular formula is C14H18N4OS. The maximum absolute atomic E-state index is 11.7. The van der Waals surface area contributed by atoms with Crippen LogP contribution in [0.1, 0.15) is 17.0 Å². The maximum atomic E-state index is 11.7. The Morgan fingerprint density at radius 2 is 2.35 bits per heavy atom. The second kappa shape index (κ2) is 7.72. The SMILES string of the molecule is CN(CCC(=O)NCc1cccs1)Cc1cnccn1. The Morgan fingerprint density at radius 3 is 3.05 bits per heavy atom. The number of amides is 1. The quantitative estimate of drug-likeness (QED) is 0.843. The van der Waals surface area contributed by atoms with Crippen molar-refractivity contribution in [3.8, 4) is 0 Å². The lowest BCUT2D eigenvalue weighted by molar-refractivity contribution is -0.121. The van der Waals surface area contributed by atoms with E-state index in [0.29, 0.717) is 26.1 Å². The van der Waals surface area contributed by atoms with Crippen LogP contribution in [0.15, 0.2) is 36.1 Å². The normalized spacial score (nSPS) is 10.7. The zero-order valence-electron chi connectivity index (χ0n) is 11.5. The molecule has 0 saturated heterocycles. The summed E-state index contributed by atoms with van der Waals surface area (Å²) >= 11 is 1.65. The van der Waals surface area contributed by atoms with Crippen molar-refractivity contribution in [1.82, 2.24) is 20.2 Å². The van der Waals surface area contributed by atoms with E-state index < -0.39 is 0 Å². The van der Waals surface area contributed by atoms with Crippen molar-refractivity contribution in [3.05, 3.63) is 46.7 Å². The molecule has 0 aromatic carbocycles. The van der Waals surface area contributed by atoms with Gasteiger partial charge in [-0.3, -0.25) is 19.7 Å². The largest absolute Gasteiger partial charge is 0.351 e. The summed E-state index contributed by atoms with van der Waals surface area (Å²) < 4.78 is 0. The number of nitrogens with one attached hydrogen (secondary N) is 1. The standard InChI is InChI=1S/C14H18N4OS/c1-18(11-12-9-15-5-6-16-12)7-4-14(19)17-10-13-3-2-8-20-13/h2-3,5-6,8-9H,4,7,10-11H2,1H3,(H,17,19). The summed E-state index contributed by atoms with van der Waals surface area (Å²) in [4.78, 5) is 23.2. The average Bonchev–Trinajstić information content (AvgIpc) is 2.97. The van der Waals surface area contributed by atoms with Gasteiger partial charge in [-0.05, 0) is 18.5 Å². The number of carbonyl (C=O) groups is 1. The van der Waals surface area contributed by atoms with Gasteiger partial charge in [-0.1, -0.05) is 6.07 Å². The molecule has 1 N–H and O–H groups in total. The van der Waals surface area contributed by atoms with E-state index in [0.717, 1.165) is 5.69 Å². The summed E-state index contributed by atoms with van der Waals surface area (Å²) in [5.41, 5.74) is 0.911. The molecule has 0 fully saturated rings. The molecule has 1 amide bonds. The maximum Gasteiger partial charge on any atom is 0.221 e. The zero-order valence-corrected chi connectivity index (χ0v) is 12.3. The predicted octanol–water partition coefficient (Wildman–Crippen LogP) is 1.68. The van der Waals surface area contributed by atoms with Gasteiger partial charge in [0.15, 0.2) is 0 Å². The van der Waals surface area contributed by atoms with Crippen LogP contribution in [-0.4, -0.2) is 34.4 Å². The van der Waals surface area contributed by atoms with Crippen molar-refractivity contribution in [2.24, 2.45) is 0 Å². The van der Waals surface area contributed by atoms with Crippen LogP contribution in [0, 0.1) is 0 Å². The lowest BCUT2D eigenvalue weighted by Gasteiger charge is -2.15. The molecule has 0 unspecified atom stereocenters. The lowest BCUT2D eigenvalue weighted by Crippen LogP contribution is -2.28. The number of nitrogens with zero attached hydrogens (tertiary/aromatic N) is 3. The van der Waals surface area contributed by atoms with Crippen LogP contribution in [0.2, 0.25) is 0 Å². The van der Waals surface area contributed by atoms with Crippen molar-refractivity contribution >= 4 is 17.2 Å². The van der Waals surface area contributed by atoms with Gasteiger partial charge in [0.05, 0.1) is 12.2 Å². The lowest BCUT2D eigenvalue weighted by atomic mass is 10.3. The minimum atomic E-state index is 0.0735. The summed E-state index contributed by atoms with van der Waals surface area (Å²) in [6, 6.07) is 4.01. The molecule has 0 saturated carbocycles. The van der Waals surface area contributed by atoms with Crippen LogP contribution in [0.3, 0.4) is 0 Å². The molecule has 20 heavy (non-hydrogen) atoms. The molecule has 0 atom stereocenters. The summed E-state index contributed by atoms with van der Waals surface area (Å²) in [5, 5.41) is 4.93. The van der Waals surface area contributed by atoms with Crippen molar-refractivity contribution in [2.45, 2.75) is 19.5 Å². The van der Waals surface area contributed by atoms with Crippen LogP contribution in [-0.2, 0) is 17.9 Å². The van der Waals surface area contributed by atoms with Gasteiger partial charge in [-0.25, -0.2) is 0 Å². The van der Waals surface area contributed by atoms with E-state index >= 15 is 0 Å². The molecule has 0 aliphatic heterocycles. The van der Waals surface area contributed by atoms with E-state index in [4.69, 9.17) is 0 Å². The number of rotatable bonds is 7. The molecule has 0 aliphatic rings. The third-order valence-corrected chi connectivity index (χ3v) is 3.69. The molecule has 0 radical (unpaired) electrons. The van der Waals surface area contributed by atoms with Gasteiger partial charge in [-0.2, -0.15) is 0 Å². The molecule has 5 nitrogen and oxygen atoms in total. The number of thiophene rings is 1. The van der Waals surface area contributed by atoms with E-state index in [1.54, 1.807) is 29.9 Å². The molecule has 0 spiro atoms. The minimum Gasteiger partial charge on any atom is -0.351 e. The fourth-order valence-corrected chi connectivity index (χ4v) is 2.39. The van der Waals surface area contributed by atoms with E-state index in [1.807, 2.05) is 24.6 Å². The van der Waals surface area contributed by atoms with Gasteiger partial charge in [0.1, 0.15) is 0 Å². The smallest absolute Gasteiger partial charge is 0.221 e. The fourth-order valence-electron chi connectivity index (χ4n) is 1.75. The Morgan fingerprint density at radius 1 is 1.45 bits per heavy atom. The van der Waals surface area contributed by atoms with E-state index in [9.17, 15) is 4.79 Å². The van der Waals surface area contributed by atoms with Gasteiger partial charge >= 0.3 is 0 Å². The van der Waals surface area contributed by atoms with E-state index in [2.05, 4.69) is 20.2 Å². The van der Waals surface area contributed by atoms with Gasteiger partial charge in [0, 0.05) is 43.0 Å². The first-order valence-corrected chi connectivity index (χ1v) is 7.34. The summed E-state index contributed by atoms with van der Waals surface area (Å²) in [6.45, 7) is 2.02. The van der Waals surface area contributed by atoms with Crippen LogP contribution >= 0.6 is 11.3 Å². The summed E-state index contributed by atoms with van der Waals surface area (Å²) in [7, 11) is 1.97. The molecule has 2 rings (SSSR count). The first-order chi connectivity index (χ1) is 9.74. The second-order valence-corrected chi connectivity index (χ2v) is 5.57. The van der Waals surface area contributed by atoms with Gasteiger partial charge in [0.2, 0.25) is 5.91 Å². The van der Waals surface area contributed by atoms with Gasteiger partial charge < -0.3 is 5.32 Å². The van der Waals surface area contributed by atoms with Crippen LogP contribution in [0.5, 0.6) is 0 Å². The molecule has 0 bridgehead atoms. The molecule has 2 aromatic rings. The highest BCUT2D eigenvalue weighted by Crippen LogP contribution is 2.07. The highest BCUT2D eigenvalue weighted by atomic mass is 32.1. The highest BCUT2D eigenvalue weighted by molar-refractivity contribution is 7.09. The third kappa shape index (κ3) is 5.07. The van der Waals surface area contributed by atoms with Crippen molar-refractivity contribution in [1.29, 1.82) is 0 Å². The van der Waals surface area contributed by atoms with Gasteiger partial charge in [0.25, 0.3) is 0 Å². The first kappa shape index (κ1) is 14.6. The highest BCUT2D eigenvalue weighted by Gasteiger charge is 2.06. The number of aromatic nitrogens is 2. The first-order valence-electron chi connectivity index (χ1n) is 6.46. The number of carbonyl (C=O) groups excluding carboxylic acids is 1. The topological polar surface area (TPSA) is 58.1 Å². The Labute approximate surface area is 122 Å². The second-order valence-electron chi connectivity index (χ2n) is 4.54. The Kier molecular flexibility index (Phi) is 5.64. The Balaban J connectivity index is 1.65. The molecular weight excluding hydrogens is 272 g/mol. The predicted molar refractivity (Wildman–Crippen MR) is 79.1 cm³/mol. The number of hydrogen-bond acceptors (Lipinski definition) is 5. The Hall–Kier alpha value is -1.79. The third-order valence-electron chi connectivity index (χ3n) is 2.81. The van der Waals surface area contributed by atoms with Gasteiger partial charge in [-0.15, -0.1) is 11.3 Å². The average molecular weight is 290 g/mol. The molecule has 2 aromatic heterocycles. The fraction of sp³-hybridized carbons (Fsp3) is 0.357. The van der Waals surface area contributed by atoms with Crippen LogP contribution in [0.4, 0.5) is 0 Å². The van der Waals surface area contributed by atoms with E-state index in [-0.39, 0.29) is 5.91 Å². The summed E-state index contributed by atoms with van der Waals surface area (Å²) in [6.07, 6.45) is 5.56.